The molecule has 0 spiro atoms. The van der Waals surface area contributed by atoms with E-state index in [0.29, 0.717) is 16.3 Å². The Balaban J connectivity index is 2.10. The van der Waals surface area contributed by atoms with Crippen LogP contribution in [0.5, 0.6) is 0 Å². The van der Waals surface area contributed by atoms with Crippen LogP contribution in [0, 0.1) is 11.6 Å². The molecule has 0 fully saturated rings. The molecule has 0 amide bonds. The average Bonchev–Trinajstić information content (AvgIpc) is 2.57. The molecule has 3 aromatic carbocycles. The SMILES string of the molecule is O=P(Nc1ccccc1)(c1ccc(F)cc1)c1ccc(F)cc1. The molecule has 0 aromatic heterocycles. The highest BCUT2D eigenvalue weighted by molar-refractivity contribution is 7.80. The molecule has 23 heavy (non-hydrogen) atoms. The fourth-order valence-electron chi connectivity index (χ4n) is 2.27. The Labute approximate surface area is 133 Å². The fourth-order valence-corrected chi connectivity index (χ4v) is 4.48. The number of hydrogen-bond acceptors (Lipinski definition) is 1. The maximum atomic E-state index is 13.7. The standard InChI is InChI=1S/C18H14F2NOP/c19-14-6-10-17(11-7-14)23(22,18-12-8-15(20)9-13-18)21-16-4-2-1-3-5-16/h1-13H,(H,21,22). The molecule has 0 saturated heterocycles. The van der Waals surface area contributed by atoms with Gasteiger partial charge in [0.15, 0.2) is 0 Å². The first-order valence-corrected chi connectivity index (χ1v) is 8.74. The number of benzene rings is 3. The summed E-state index contributed by atoms with van der Waals surface area (Å²) in [6.07, 6.45) is 0. The summed E-state index contributed by atoms with van der Waals surface area (Å²) >= 11 is 0. The molecule has 0 unspecified atom stereocenters. The third kappa shape index (κ3) is 3.33. The molecule has 116 valence electrons. The van der Waals surface area contributed by atoms with Crippen LogP contribution in [0.2, 0.25) is 0 Å². The van der Waals surface area contributed by atoms with Crippen molar-refractivity contribution < 1.29 is 13.3 Å². The van der Waals surface area contributed by atoms with E-state index >= 15 is 0 Å². The highest BCUT2D eigenvalue weighted by atomic mass is 31.2. The van der Waals surface area contributed by atoms with Crippen molar-refractivity contribution in [2.24, 2.45) is 0 Å². The molecule has 0 bridgehead atoms. The molecule has 0 atom stereocenters. The number of anilines is 1. The summed E-state index contributed by atoms with van der Waals surface area (Å²) in [7, 11) is -3.27. The predicted octanol–water partition coefficient (Wildman–Crippen LogP) is 4.31. The van der Waals surface area contributed by atoms with Gasteiger partial charge in [0.2, 0.25) is 7.29 Å². The van der Waals surface area contributed by atoms with Gasteiger partial charge < -0.3 is 5.09 Å². The summed E-state index contributed by atoms with van der Waals surface area (Å²) in [5.41, 5.74) is 0.671. The van der Waals surface area contributed by atoms with Crippen molar-refractivity contribution in [1.29, 1.82) is 0 Å². The van der Waals surface area contributed by atoms with E-state index in [9.17, 15) is 13.3 Å². The van der Waals surface area contributed by atoms with E-state index in [2.05, 4.69) is 5.09 Å². The Kier molecular flexibility index (Phi) is 4.26. The van der Waals surface area contributed by atoms with Crippen molar-refractivity contribution in [1.82, 2.24) is 0 Å². The van der Waals surface area contributed by atoms with Gasteiger partial charge in [-0.2, -0.15) is 0 Å². The van der Waals surface area contributed by atoms with E-state index in [4.69, 9.17) is 0 Å². The molecule has 2 nitrogen and oxygen atoms in total. The van der Waals surface area contributed by atoms with Crippen molar-refractivity contribution in [3.63, 3.8) is 0 Å². The summed E-state index contributed by atoms with van der Waals surface area (Å²) in [6.45, 7) is 0. The Morgan fingerprint density at radius 2 is 1.09 bits per heavy atom. The van der Waals surface area contributed by atoms with Gasteiger partial charge in [-0.15, -0.1) is 0 Å². The van der Waals surface area contributed by atoms with Crippen molar-refractivity contribution in [3.05, 3.63) is 90.5 Å². The molecule has 1 N–H and O–H groups in total. The van der Waals surface area contributed by atoms with E-state index in [1.165, 1.54) is 48.5 Å². The molecule has 0 aliphatic carbocycles. The Morgan fingerprint density at radius 3 is 1.52 bits per heavy atom. The minimum absolute atomic E-state index is 0.404. The Bertz CT molecular complexity index is 784. The first kappa shape index (κ1) is 15.4. The molecule has 0 radical (unpaired) electrons. The summed E-state index contributed by atoms with van der Waals surface area (Å²) < 4.78 is 40.0. The summed E-state index contributed by atoms with van der Waals surface area (Å²) in [5.74, 6) is -0.807. The van der Waals surface area contributed by atoms with Gasteiger partial charge in [-0.3, -0.25) is 4.57 Å². The number of halogens is 2. The van der Waals surface area contributed by atoms with Crippen LogP contribution in [0.1, 0.15) is 0 Å². The lowest BCUT2D eigenvalue weighted by Crippen LogP contribution is -2.22. The van der Waals surface area contributed by atoms with E-state index in [1.807, 2.05) is 18.2 Å². The smallest absolute Gasteiger partial charge is 0.227 e. The molecular formula is C18H14F2NOP. The van der Waals surface area contributed by atoms with Crippen LogP contribution in [0.15, 0.2) is 78.9 Å². The third-order valence-corrected chi connectivity index (χ3v) is 6.06. The minimum Gasteiger partial charge on any atom is -0.329 e. The lowest BCUT2D eigenvalue weighted by atomic mass is 10.3. The maximum Gasteiger partial charge on any atom is 0.227 e. The van der Waals surface area contributed by atoms with Gasteiger partial charge in [0, 0.05) is 16.3 Å². The van der Waals surface area contributed by atoms with Gasteiger partial charge in [0.05, 0.1) is 0 Å². The molecule has 5 heteroatoms. The maximum absolute atomic E-state index is 13.7. The predicted molar refractivity (Wildman–Crippen MR) is 89.7 cm³/mol. The summed E-state index contributed by atoms with van der Waals surface area (Å²) in [6, 6.07) is 20.1. The quantitative estimate of drug-likeness (QED) is 0.723. The Hall–Kier alpha value is -2.45. The van der Waals surface area contributed by atoms with E-state index in [-0.39, 0.29) is 0 Å². The minimum atomic E-state index is -3.27. The van der Waals surface area contributed by atoms with Gasteiger partial charge in [0.25, 0.3) is 0 Å². The van der Waals surface area contributed by atoms with Gasteiger partial charge in [-0.1, -0.05) is 18.2 Å². The van der Waals surface area contributed by atoms with E-state index in [1.54, 1.807) is 12.1 Å². The summed E-state index contributed by atoms with van der Waals surface area (Å²) in [4.78, 5) is 0. The van der Waals surface area contributed by atoms with E-state index < -0.39 is 18.9 Å². The number of nitrogens with one attached hydrogen (secondary N) is 1. The fraction of sp³-hybridized carbons (Fsp3) is 0. The second-order valence-corrected chi connectivity index (χ2v) is 7.51. The van der Waals surface area contributed by atoms with Crippen molar-refractivity contribution in [2.75, 3.05) is 5.09 Å². The molecule has 0 saturated carbocycles. The number of hydrogen-bond donors (Lipinski definition) is 1. The van der Waals surface area contributed by atoms with Crippen LogP contribution in [0.3, 0.4) is 0 Å². The topological polar surface area (TPSA) is 29.1 Å². The van der Waals surface area contributed by atoms with Crippen molar-refractivity contribution in [2.45, 2.75) is 0 Å². The van der Waals surface area contributed by atoms with E-state index in [0.717, 1.165) is 0 Å². The largest absolute Gasteiger partial charge is 0.329 e. The average molecular weight is 329 g/mol. The first-order chi connectivity index (χ1) is 11.1. The third-order valence-electron chi connectivity index (χ3n) is 3.44. The van der Waals surface area contributed by atoms with Crippen LogP contribution >= 0.6 is 7.29 Å². The molecular weight excluding hydrogens is 315 g/mol. The van der Waals surface area contributed by atoms with Crippen LogP contribution < -0.4 is 15.7 Å². The van der Waals surface area contributed by atoms with Gasteiger partial charge in [0.1, 0.15) is 11.6 Å². The molecule has 3 rings (SSSR count). The highest BCUT2D eigenvalue weighted by Gasteiger charge is 2.27. The van der Waals surface area contributed by atoms with Crippen LogP contribution in [0.4, 0.5) is 14.5 Å². The normalized spacial score (nSPS) is 11.2. The number of para-hydroxylation sites is 1. The molecule has 0 aliphatic rings. The second-order valence-electron chi connectivity index (χ2n) is 5.04. The van der Waals surface area contributed by atoms with Crippen LogP contribution in [-0.2, 0) is 4.57 Å². The van der Waals surface area contributed by atoms with Gasteiger partial charge in [-0.25, -0.2) is 8.78 Å². The van der Waals surface area contributed by atoms with Crippen LogP contribution in [0.25, 0.3) is 0 Å². The van der Waals surface area contributed by atoms with Crippen molar-refractivity contribution in [3.8, 4) is 0 Å². The zero-order valence-electron chi connectivity index (χ0n) is 12.1. The van der Waals surface area contributed by atoms with Crippen LogP contribution in [-0.4, -0.2) is 0 Å². The van der Waals surface area contributed by atoms with Crippen molar-refractivity contribution >= 4 is 23.6 Å². The lowest BCUT2D eigenvalue weighted by Gasteiger charge is -2.21. The zero-order valence-corrected chi connectivity index (χ0v) is 13.0. The Morgan fingerprint density at radius 1 is 0.652 bits per heavy atom. The molecule has 0 heterocycles. The zero-order chi connectivity index (χ0) is 16.3. The first-order valence-electron chi connectivity index (χ1n) is 7.03. The highest BCUT2D eigenvalue weighted by Crippen LogP contribution is 2.43. The molecule has 0 aliphatic heterocycles. The van der Waals surface area contributed by atoms with Gasteiger partial charge in [-0.05, 0) is 60.7 Å². The lowest BCUT2D eigenvalue weighted by molar-refractivity contribution is 0.590. The second kappa shape index (κ2) is 6.35. The monoisotopic (exact) mass is 329 g/mol. The molecule has 3 aromatic rings. The number of rotatable bonds is 4. The summed E-state index contributed by atoms with van der Waals surface area (Å²) in [5, 5.41) is 3.94. The van der Waals surface area contributed by atoms with Gasteiger partial charge >= 0.3 is 0 Å².